The molecule has 6 nitrogen and oxygen atoms in total. The first-order valence-corrected chi connectivity index (χ1v) is 10.0. The Kier molecular flexibility index (Phi) is 5.56. The predicted octanol–water partition coefficient (Wildman–Crippen LogP) is 0.825. The number of benzene rings is 1. The van der Waals surface area contributed by atoms with Crippen LogP contribution in [0.25, 0.3) is 0 Å². The molecule has 0 saturated carbocycles. The van der Waals surface area contributed by atoms with Crippen LogP contribution in [0.15, 0.2) is 35.2 Å². The standard InChI is InChI=1S/C17H26N2O4S/c1-13-7-9-19(10-8-13)11-16-17(20)15(12-23-16)18-24(21,22)14-5-3-2-4-6-14/h2-6,13,15-18,20H,7-12H2,1H3/t15-,16-,17+/m0/s1. The average molecular weight is 354 g/mol. The summed E-state index contributed by atoms with van der Waals surface area (Å²) in [6.45, 7) is 5.12. The quantitative estimate of drug-likeness (QED) is 0.819. The maximum absolute atomic E-state index is 12.4. The van der Waals surface area contributed by atoms with Gasteiger partial charge in [-0.05, 0) is 44.0 Å². The van der Waals surface area contributed by atoms with E-state index in [-0.39, 0.29) is 17.6 Å². The van der Waals surface area contributed by atoms with Gasteiger partial charge >= 0.3 is 0 Å². The normalized spacial score (nSPS) is 29.8. The zero-order valence-corrected chi connectivity index (χ0v) is 14.8. The van der Waals surface area contributed by atoms with Crippen molar-refractivity contribution in [2.24, 2.45) is 5.92 Å². The number of rotatable bonds is 5. The van der Waals surface area contributed by atoms with E-state index in [0.717, 1.165) is 31.8 Å². The van der Waals surface area contributed by atoms with Crippen molar-refractivity contribution in [1.29, 1.82) is 0 Å². The molecule has 134 valence electrons. The summed E-state index contributed by atoms with van der Waals surface area (Å²) in [6.07, 6.45) is 1.14. The van der Waals surface area contributed by atoms with Crippen LogP contribution in [0.1, 0.15) is 19.8 Å². The first-order chi connectivity index (χ1) is 11.5. The smallest absolute Gasteiger partial charge is 0.240 e. The Morgan fingerprint density at radius 1 is 1.25 bits per heavy atom. The van der Waals surface area contributed by atoms with Crippen molar-refractivity contribution in [2.45, 2.75) is 42.9 Å². The number of aliphatic hydroxyl groups excluding tert-OH is 1. The van der Waals surface area contributed by atoms with Gasteiger partial charge in [0.2, 0.25) is 10.0 Å². The highest BCUT2D eigenvalue weighted by Gasteiger charge is 2.39. The predicted molar refractivity (Wildman–Crippen MR) is 91.1 cm³/mol. The summed E-state index contributed by atoms with van der Waals surface area (Å²) in [5.41, 5.74) is 0. The van der Waals surface area contributed by atoms with E-state index in [1.54, 1.807) is 18.2 Å². The second kappa shape index (κ2) is 7.49. The van der Waals surface area contributed by atoms with Crippen molar-refractivity contribution in [3.05, 3.63) is 30.3 Å². The Bertz CT molecular complexity index is 629. The zero-order chi connectivity index (χ0) is 17.2. The number of hydrogen-bond donors (Lipinski definition) is 2. The van der Waals surface area contributed by atoms with Crippen molar-refractivity contribution in [1.82, 2.24) is 9.62 Å². The highest BCUT2D eigenvalue weighted by atomic mass is 32.2. The van der Waals surface area contributed by atoms with Crippen molar-refractivity contribution >= 4 is 10.0 Å². The molecule has 0 spiro atoms. The number of sulfonamides is 1. The zero-order valence-electron chi connectivity index (χ0n) is 14.0. The summed E-state index contributed by atoms with van der Waals surface area (Å²) in [5, 5.41) is 10.5. The molecule has 0 radical (unpaired) electrons. The second-order valence-corrected chi connectivity index (χ2v) is 8.60. The van der Waals surface area contributed by atoms with Crippen LogP contribution < -0.4 is 4.72 Å². The molecule has 0 aromatic heterocycles. The number of nitrogens with one attached hydrogen (secondary N) is 1. The van der Waals surface area contributed by atoms with Crippen molar-refractivity contribution in [2.75, 3.05) is 26.2 Å². The van der Waals surface area contributed by atoms with Crippen molar-refractivity contribution in [3.8, 4) is 0 Å². The molecule has 0 amide bonds. The number of aliphatic hydroxyl groups is 1. The summed E-state index contributed by atoms with van der Waals surface area (Å²) >= 11 is 0. The minimum Gasteiger partial charge on any atom is -0.389 e. The van der Waals surface area contributed by atoms with Gasteiger partial charge in [-0.15, -0.1) is 0 Å². The highest BCUT2D eigenvalue weighted by Crippen LogP contribution is 2.21. The maximum Gasteiger partial charge on any atom is 0.240 e. The fraction of sp³-hybridized carbons (Fsp3) is 0.647. The largest absolute Gasteiger partial charge is 0.389 e. The topological polar surface area (TPSA) is 78.9 Å². The van der Waals surface area contributed by atoms with Gasteiger partial charge in [0, 0.05) is 6.54 Å². The summed E-state index contributed by atoms with van der Waals surface area (Å²) in [6, 6.07) is 7.59. The SMILES string of the molecule is CC1CCN(C[C@@H]2OC[C@H](NS(=O)(=O)c3ccccc3)[C@H]2O)CC1. The third-order valence-corrected chi connectivity index (χ3v) is 6.46. The van der Waals surface area contributed by atoms with Crippen LogP contribution in [0.2, 0.25) is 0 Å². The second-order valence-electron chi connectivity index (χ2n) is 6.89. The molecule has 0 unspecified atom stereocenters. The number of likely N-dealkylation sites (tertiary alicyclic amines) is 1. The van der Waals surface area contributed by atoms with E-state index in [4.69, 9.17) is 4.74 Å². The molecule has 0 aliphatic carbocycles. The third kappa shape index (κ3) is 4.15. The molecule has 1 aromatic carbocycles. The molecule has 0 bridgehead atoms. The number of ether oxygens (including phenoxy) is 1. The fourth-order valence-corrected chi connectivity index (χ4v) is 4.57. The summed E-state index contributed by atoms with van der Waals surface area (Å²) < 4.78 is 33.0. The van der Waals surface area contributed by atoms with Crippen molar-refractivity contribution < 1.29 is 18.3 Å². The lowest BCUT2D eigenvalue weighted by atomic mass is 9.98. The van der Waals surface area contributed by atoms with E-state index >= 15 is 0 Å². The summed E-state index contributed by atoms with van der Waals surface area (Å²) in [4.78, 5) is 2.49. The van der Waals surface area contributed by atoms with E-state index in [9.17, 15) is 13.5 Å². The van der Waals surface area contributed by atoms with E-state index in [1.165, 1.54) is 12.1 Å². The van der Waals surface area contributed by atoms with E-state index in [0.29, 0.717) is 6.54 Å². The Morgan fingerprint density at radius 3 is 2.58 bits per heavy atom. The minimum atomic E-state index is -3.64. The summed E-state index contributed by atoms with van der Waals surface area (Å²) in [7, 11) is -3.64. The van der Waals surface area contributed by atoms with Crippen LogP contribution in [-0.4, -0.2) is 62.9 Å². The van der Waals surface area contributed by atoms with Gasteiger partial charge in [0.15, 0.2) is 0 Å². The number of hydrogen-bond acceptors (Lipinski definition) is 5. The van der Waals surface area contributed by atoms with Crippen LogP contribution in [0, 0.1) is 5.92 Å². The molecule has 3 atom stereocenters. The molecular weight excluding hydrogens is 328 g/mol. The van der Waals surface area contributed by atoms with E-state index in [2.05, 4.69) is 16.5 Å². The first kappa shape index (κ1) is 17.8. The summed E-state index contributed by atoms with van der Waals surface area (Å²) in [5.74, 6) is 0.751. The molecule has 1 aromatic rings. The van der Waals surface area contributed by atoms with E-state index in [1.807, 2.05) is 0 Å². The van der Waals surface area contributed by atoms with Gasteiger partial charge in [0.25, 0.3) is 0 Å². The van der Waals surface area contributed by atoms with Gasteiger partial charge in [-0.2, -0.15) is 0 Å². The molecular formula is C17H26N2O4S. The Hall–Kier alpha value is -0.990. The third-order valence-electron chi connectivity index (χ3n) is 4.96. The number of nitrogens with zero attached hydrogens (tertiary/aromatic N) is 1. The van der Waals surface area contributed by atoms with Gasteiger partial charge < -0.3 is 14.7 Å². The van der Waals surface area contributed by atoms with Gasteiger partial charge in [-0.3, -0.25) is 0 Å². The lowest BCUT2D eigenvalue weighted by molar-refractivity contribution is 0.00897. The Labute approximate surface area is 143 Å². The van der Waals surface area contributed by atoms with Crippen LogP contribution in [0.5, 0.6) is 0 Å². The molecule has 2 saturated heterocycles. The van der Waals surface area contributed by atoms with Gasteiger partial charge in [0.05, 0.1) is 29.8 Å². The maximum atomic E-state index is 12.4. The highest BCUT2D eigenvalue weighted by molar-refractivity contribution is 7.89. The van der Waals surface area contributed by atoms with Gasteiger partial charge in [-0.1, -0.05) is 25.1 Å². The molecule has 3 rings (SSSR count). The Morgan fingerprint density at radius 2 is 1.92 bits per heavy atom. The molecule has 2 heterocycles. The molecule has 2 aliphatic heterocycles. The fourth-order valence-electron chi connectivity index (χ4n) is 3.31. The molecule has 2 aliphatic rings. The number of piperidine rings is 1. The van der Waals surface area contributed by atoms with E-state index < -0.39 is 22.2 Å². The molecule has 7 heteroatoms. The minimum absolute atomic E-state index is 0.197. The average Bonchev–Trinajstić information content (AvgIpc) is 2.90. The Balaban J connectivity index is 1.57. The molecule has 2 N–H and O–H groups in total. The molecule has 2 fully saturated rings. The van der Waals surface area contributed by atoms with Crippen LogP contribution in [0.4, 0.5) is 0 Å². The van der Waals surface area contributed by atoms with Gasteiger partial charge in [-0.25, -0.2) is 13.1 Å². The van der Waals surface area contributed by atoms with Crippen LogP contribution in [-0.2, 0) is 14.8 Å². The monoisotopic (exact) mass is 354 g/mol. The van der Waals surface area contributed by atoms with Crippen LogP contribution in [0.3, 0.4) is 0 Å². The lowest BCUT2D eigenvalue weighted by Gasteiger charge is -2.32. The first-order valence-electron chi connectivity index (χ1n) is 8.55. The van der Waals surface area contributed by atoms with Crippen LogP contribution >= 0.6 is 0 Å². The lowest BCUT2D eigenvalue weighted by Crippen LogP contribution is -2.47. The van der Waals surface area contributed by atoms with Crippen molar-refractivity contribution in [3.63, 3.8) is 0 Å². The van der Waals surface area contributed by atoms with Gasteiger partial charge in [0.1, 0.15) is 0 Å². The molecule has 24 heavy (non-hydrogen) atoms.